The Bertz CT molecular complexity index is 1160. The highest BCUT2D eigenvalue weighted by Gasteiger charge is 2.20. The number of rotatable bonds is 4. The van der Waals surface area contributed by atoms with Gasteiger partial charge in [-0.3, -0.25) is 4.90 Å². The first-order chi connectivity index (χ1) is 16.1. The normalized spacial score (nSPS) is 13.9. The number of piperazine rings is 1. The van der Waals surface area contributed by atoms with Crippen molar-refractivity contribution < 1.29 is 23.6 Å². The molecular formula is C25H24FN3O4. The fourth-order valence-corrected chi connectivity index (χ4v) is 3.51. The molecule has 0 spiro atoms. The van der Waals surface area contributed by atoms with Crippen molar-refractivity contribution in [1.82, 2.24) is 15.0 Å². The molecule has 8 heteroatoms. The number of carboxylic acid groups (broad SMARTS) is 1. The highest BCUT2D eigenvalue weighted by molar-refractivity contribution is 5.75. The fraction of sp³-hybridized carbons (Fsp3) is 0.200. The lowest BCUT2D eigenvalue weighted by Crippen LogP contribution is -2.47. The van der Waals surface area contributed by atoms with E-state index in [1.54, 1.807) is 18.3 Å². The fourth-order valence-electron chi connectivity index (χ4n) is 3.51. The summed E-state index contributed by atoms with van der Waals surface area (Å²) in [6.07, 6.45) is 0.847. The summed E-state index contributed by atoms with van der Waals surface area (Å²) in [4.78, 5) is 14.6. The van der Waals surface area contributed by atoms with Crippen molar-refractivity contribution in [3.8, 4) is 11.5 Å². The molecule has 0 radical (unpaired) electrons. The zero-order valence-corrected chi connectivity index (χ0v) is 17.9. The Hall–Kier alpha value is -3.91. The Balaban J connectivity index is 0.000000238. The average molecular weight is 449 g/mol. The molecule has 2 heterocycles. The van der Waals surface area contributed by atoms with E-state index in [1.807, 2.05) is 48.5 Å². The minimum atomic E-state index is -0.857. The Morgan fingerprint density at radius 2 is 1.73 bits per heavy atom. The number of carbonyl (C=O) groups is 1. The number of aromatic nitrogens is 1. The maximum absolute atomic E-state index is 12.9. The number of fused-ring (bicyclic) bond motifs is 1. The summed E-state index contributed by atoms with van der Waals surface area (Å²) in [6, 6.07) is 21.4. The summed E-state index contributed by atoms with van der Waals surface area (Å²) in [5, 5.41) is 13.7. The van der Waals surface area contributed by atoms with E-state index >= 15 is 0 Å². The Morgan fingerprint density at radius 1 is 0.970 bits per heavy atom. The van der Waals surface area contributed by atoms with Gasteiger partial charge in [0.15, 0.2) is 5.58 Å². The van der Waals surface area contributed by atoms with Gasteiger partial charge in [-0.1, -0.05) is 29.4 Å². The van der Waals surface area contributed by atoms with Gasteiger partial charge in [0.25, 0.3) is 0 Å². The summed E-state index contributed by atoms with van der Waals surface area (Å²) >= 11 is 0. The van der Waals surface area contributed by atoms with E-state index in [0.717, 1.165) is 36.2 Å². The number of benzene rings is 3. The molecule has 33 heavy (non-hydrogen) atoms. The lowest BCUT2D eigenvalue weighted by atomic mass is 10.2. The van der Waals surface area contributed by atoms with Gasteiger partial charge in [-0.25, -0.2) is 9.18 Å². The smallest absolute Gasteiger partial charge is 0.407 e. The third kappa shape index (κ3) is 6.30. The van der Waals surface area contributed by atoms with Gasteiger partial charge in [0.2, 0.25) is 0 Å². The number of hydrogen-bond acceptors (Lipinski definition) is 5. The molecule has 7 nitrogen and oxygen atoms in total. The molecular weight excluding hydrogens is 425 g/mol. The summed E-state index contributed by atoms with van der Waals surface area (Å²) in [5.41, 5.74) is 1.94. The summed E-state index contributed by atoms with van der Waals surface area (Å²) < 4.78 is 23.5. The van der Waals surface area contributed by atoms with Crippen molar-refractivity contribution in [2.75, 3.05) is 26.2 Å². The van der Waals surface area contributed by atoms with Crippen molar-refractivity contribution >= 4 is 17.1 Å². The lowest BCUT2D eigenvalue weighted by molar-refractivity contribution is 0.103. The molecule has 4 aromatic rings. The lowest BCUT2D eigenvalue weighted by Gasteiger charge is -2.33. The van der Waals surface area contributed by atoms with Crippen LogP contribution in [0.3, 0.4) is 0 Å². The highest BCUT2D eigenvalue weighted by atomic mass is 19.1. The van der Waals surface area contributed by atoms with Crippen molar-refractivity contribution in [1.29, 1.82) is 0 Å². The molecule has 1 amide bonds. The van der Waals surface area contributed by atoms with Crippen molar-refractivity contribution in [3.05, 3.63) is 90.4 Å². The molecule has 1 aromatic heterocycles. The SMILES string of the molecule is O=C(O)N1CCN(Cc2cccc(Oc3ccc(F)cc3)c2)CC1.c1ccc2oncc2c1. The molecule has 0 saturated carbocycles. The molecule has 1 aliphatic heterocycles. The molecule has 0 unspecified atom stereocenters. The van der Waals surface area contributed by atoms with Crippen LogP contribution in [0.25, 0.3) is 11.0 Å². The standard InChI is InChI=1S/C18H19FN2O3.C7H5NO/c19-15-4-6-16(7-5-15)24-17-3-1-2-14(12-17)13-20-8-10-21(11-9-20)18(22)23;1-2-4-7-6(3-1)5-8-9-7/h1-7,12H,8-11,13H2,(H,22,23);1-5H. The second-order valence-electron chi connectivity index (χ2n) is 7.61. The van der Waals surface area contributed by atoms with E-state index in [4.69, 9.17) is 14.4 Å². The Labute approximate surface area is 190 Å². The van der Waals surface area contributed by atoms with Crippen LogP contribution in [0.5, 0.6) is 11.5 Å². The Morgan fingerprint density at radius 3 is 2.45 bits per heavy atom. The monoisotopic (exact) mass is 449 g/mol. The molecule has 5 rings (SSSR count). The molecule has 3 aromatic carbocycles. The molecule has 1 N–H and O–H groups in total. The number of amides is 1. The maximum atomic E-state index is 12.9. The van der Waals surface area contributed by atoms with Crippen molar-refractivity contribution in [2.45, 2.75) is 6.54 Å². The van der Waals surface area contributed by atoms with Gasteiger partial charge in [-0.15, -0.1) is 0 Å². The van der Waals surface area contributed by atoms with Crippen LogP contribution >= 0.6 is 0 Å². The van der Waals surface area contributed by atoms with Crippen molar-refractivity contribution in [3.63, 3.8) is 0 Å². The highest BCUT2D eigenvalue weighted by Crippen LogP contribution is 2.23. The first kappa shape index (κ1) is 22.3. The van der Waals surface area contributed by atoms with Crippen LogP contribution < -0.4 is 4.74 Å². The molecule has 170 valence electrons. The molecule has 1 saturated heterocycles. The van der Waals surface area contributed by atoms with Gasteiger partial charge >= 0.3 is 6.09 Å². The second kappa shape index (κ2) is 10.6. The van der Waals surface area contributed by atoms with Gasteiger partial charge in [0.1, 0.15) is 17.3 Å². The molecule has 1 aliphatic rings. The van der Waals surface area contributed by atoms with Crippen LogP contribution in [0.1, 0.15) is 5.56 Å². The van der Waals surface area contributed by atoms with Crippen LogP contribution in [0, 0.1) is 5.82 Å². The van der Waals surface area contributed by atoms with Crippen LogP contribution in [0.2, 0.25) is 0 Å². The summed E-state index contributed by atoms with van der Waals surface area (Å²) in [6.45, 7) is 3.24. The van der Waals surface area contributed by atoms with E-state index in [1.165, 1.54) is 17.0 Å². The van der Waals surface area contributed by atoms with Crippen LogP contribution in [-0.4, -0.2) is 52.3 Å². The minimum Gasteiger partial charge on any atom is -0.465 e. The zero-order chi connectivity index (χ0) is 23.0. The van der Waals surface area contributed by atoms with E-state index in [0.29, 0.717) is 24.6 Å². The predicted molar refractivity (Wildman–Crippen MR) is 122 cm³/mol. The third-order valence-electron chi connectivity index (χ3n) is 5.26. The van der Waals surface area contributed by atoms with Gasteiger partial charge in [-0.2, -0.15) is 0 Å². The largest absolute Gasteiger partial charge is 0.465 e. The molecule has 0 bridgehead atoms. The van der Waals surface area contributed by atoms with Gasteiger partial charge < -0.3 is 19.3 Å². The Kier molecular flexibility index (Phi) is 7.16. The van der Waals surface area contributed by atoms with Crippen LogP contribution in [-0.2, 0) is 6.54 Å². The summed E-state index contributed by atoms with van der Waals surface area (Å²) in [5.74, 6) is 0.989. The quantitative estimate of drug-likeness (QED) is 0.459. The number of halogens is 1. The van der Waals surface area contributed by atoms with Crippen LogP contribution in [0.15, 0.2) is 83.5 Å². The average Bonchev–Trinajstić information content (AvgIpc) is 3.31. The number of ether oxygens (including phenoxy) is 1. The third-order valence-corrected chi connectivity index (χ3v) is 5.26. The van der Waals surface area contributed by atoms with Gasteiger partial charge in [-0.05, 0) is 54.1 Å². The molecule has 0 aliphatic carbocycles. The second-order valence-corrected chi connectivity index (χ2v) is 7.61. The minimum absolute atomic E-state index is 0.295. The maximum Gasteiger partial charge on any atom is 0.407 e. The molecule has 0 atom stereocenters. The molecule has 1 fully saturated rings. The summed E-state index contributed by atoms with van der Waals surface area (Å²) in [7, 11) is 0. The van der Waals surface area contributed by atoms with E-state index in [-0.39, 0.29) is 5.82 Å². The van der Waals surface area contributed by atoms with Gasteiger partial charge in [0, 0.05) is 38.1 Å². The number of hydrogen-bond donors (Lipinski definition) is 1. The van der Waals surface area contributed by atoms with E-state index < -0.39 is 6.09 Å². The van der Waals surface area contributed by atoms with Crippen LogP contribution in [0.4, 0.5) is 9.18 Å². The predicted octanol–water partition coefficient (Wildman–Crippen LogP) is 5.24. The number of nitrogens with zero attached hydrogens (tertiary/aromatic N) is 3. The topological polar surface area (TPSA) is 79.0 Å². The van der Waals surface area contributed by atoms with Gasteiger partial charge in [0.05, 0.1) is 6.20 Å². The first-order valence-electron chi connectivity index (χ1n) is 10.6. The van der Waals surface area contributed by atoms with E-state index in [9.17, 15) is 9.18 Å². The zero-order valence-electron chi connectivity index (χ0n) is 17.9. The first-order valence-corrected chi connectivity index (χ1v) is 10.6. The van der Waals surface area contributed by atoms with E-state index in [2.05, 4.69) is 10.1 Å². The van der Waals surface area contributed by atoms with Crippen molar-refractivity contribution in [2.24, 2.45) is 0 Å². The number of para-hydroxylation sites is 1.